The van der Waals surface area contributed by atoms with Crippen molar-refractivity contribution in [3.05, 3.63) is 23.3 Å². The molecule has 0 saturated heterocycles. The number of benzene rings is 1. The molecule has 0 amide bonds. The van der Waals surface area contributed by atoms with Gasteiger partial charge in [0.2, 0.25) is 0 Å². The summed E-state index contributed by atoms with van der Waals surface area (Å²) in [6.45, 7) is 2.95. The number of hydrogen-bond donors (Lipinski definition) is 1. The summed E-state index contributed by atoms with van der Waals surface area (Å²) in [5, 5.41) is 0. The lowest BCUT2D eigenvalue weighted by Gasteiger charge is -2.11. The maximum Gasteiger partial charge on any atom is 0.0105 e. The third-order valence-electron chi connectivity index (χ3n) is 2.45. The minimum absolute atomic E-state index is 0.774. The molecule has 0 aliphatic heterocycles. The number of rotatable bonds is 5. The van der Waals surface area contributed by atoms with Gasteiger partial charge >= 0.3 is 0 Å². The largest absolute Gasteiger partial charge is 0.330 e. The quantitative estimate of drug-likeness (QED) is 0.801. The van der Waals surface area contributed by atoms with Crippen molar-refractivity contribution in [1.82, 2.24) is 0 Å². The van der Waals surface area contributed by atoms with Crippen LogP contribution in [0.25, 0.3) is 0 Å². The Bertz CT molecular complexity index is 324. The van der Waals surface area contributed by atoms with E-state index in [1.54, 1.807) is 0 Å². The van der Waals surface area contributed by atoms with Crippen molar-refractivity contribution in [2.45, 2.75) is 29.6 Å². The van der Waals surface area contributed by atoms with Crippen molar-refractivity contribution in [2.75, 3.05) is 19.1 Å². The summed E-state index contributed by atoms with van der Waals surface area (Å²) >= 11 is 3.65. The number of aryl methyl sites for hydroxylation is 2. The summed E-state index contributed by atoms with van der Waals surface area (Å²) < 4.78 is 0. The summed E-state index contributed by atoms with van der Waals surface area (Å²) in [7, 11) is 0. The molecule has 0 spiro atoms. The van der Waals surface area contributed by atoms with Crippen LogP contribution in [0.15, 0.2) is 21.9 Å². The van der Waals surface area contributed by atoms with Crippen LogP contribution in [0.5, 0.6) is 0 Å². The van der Waals surface area contributed by atoms with Crippen molar-refractivity contribution in [3.8, 4) is 0 Å². The van der Waals surface area contributed by atoms with Gasteiger partial charge in [0, 0.05) is 9.79 Å². The lowest BCUT2D eigenvalue weighted by molar-refractivity contribution is 0.817. The predicted octanol–water partition coefficient (Wildman–Crippen LogP) is 3.33. The van der Waals surface area contributed by atoms with Gasteiger partial charge in [-0.3, -0.25) is 0 Å². The van der Waals surface area contributed by atoms with Crippen molar-refractivity contribution in [2.24, 2.45) is 5.73 Å². The molecule has 1 aromatic carbocycles. The zero-order valence-electron chi connectivity index (χ0n) is 9.67. The molecule has 0 aliphatic carbocycles. The summed E-state index contributed by atoms with van der Waals surface area (Å²) in [6, 6.07) is 4.61. The molecule has 0 bridgehead atoms. The zero-order valence-corrected chi connectivity index (χ0v) is 11.3. The molecular formula is C12H19NS2. The maximum absolute atomic E-state index is 5.56. The van der Waals surface area contributed by atoms with E-state index in [2.05, 4.69) is 31.6 Å². The molecule has 1 rings (SSSR count). The van der Waals surface area contributed by atoms with E-state index in [1.165, 1.54) is 20.9 Å². The molecule has 3 heteroatoms. The number of nitrogens with two attached hydrogens (primary N) is 1. The Morgan fingerprint density at radius 1 is 1.13 bits per heavy atom. The molecule has 0 radical (unpaired) electrons. The topological polar surface area (TPSA) is 26.0 Å². The third kappa shape index (κ3) is 3.44. The lowest BCUT2D eigenvalue weighted by atomic mass is 10.1. The first-order valence-corrected chi connectivity index (χ1v) is 7.59. The summed E-state index contributed by atoms with van der Waals surface area (Å²) in [5.41, 5.74) is 8.38. The lowest BCUT2D eigenvalue weighted by Crippen LogP contribution is -2.01. The van der Waals surface area contributed by atoms with E-state index in [4.69, 9.17) is 5.73 Å². The molecule has 0 aromatic heterocycles. The molecule has 1 nitrogen and oxygen atoms in total. The highest BCUT2D eigenvalue weighted by Crippen LogP contribution is 2.29. The van der Waals surface area contributed by atoms with Gasteiger partial charge in [-0.1, -0.05) is 0 Å². The first kappa shape index (κ1) is 12.9. The highest BCUT2D eigenvalue weighted by molar-refractivity contribution is 7.99. The second-order valence-electron chi connectivity index (χ2n) is 3.53. The second kappa shape index (κ2) is 6.46. The van der Waals surface area contributed by atoms with Gasteiger partial charge in [-0.25, -0.2) is 0 Å². The average molecular weight is 241 g/mol. The predicted molar refractivity (Wildman–Crippen MR) is 72.1 cm³/mol. The maximum atomic E-state index is 5.56. The zero-order chi connectivity index (χ0) is 11.3. The van der Waals surface area contributed by atoms with Gasteiger partial charge in [-0.2, -0.15) is 0 Å². The van der Waals surface area contributed by atoms with Gasteiger partial charge in [0.1, 0.15) is 0 Å². The van der Waals surface area contributed by atoms with Gasteiger partial charge in [-0.05, 0) is 62.1 Å². The molecule has 0 aliphatic rings. The molecular weight excluding hydrogens is 222 g/mol. The van der Waals surface area contributed by atoms with Crippen molar-refractivity contribution < 1.29 is 0 Å². The Balaban J connectivity index is 2.99. The second-order valence-corrected chi connectivity index (χ2v) is 5.22. The van der Waals surface area contributed by atoms with E-state index in [9.17, 15) is 0 Å². The molecule has 0 fully saturated rings. The smallest absolute Gasteiger partial charge is 0.0105 e. The Labute approximate surface area is 101 Å². The number of thioether (sulfide) groups is 2. The Morgan fingerprint density at radius 3 is 2.33 bits per heavy atom. The van der Waals surface area contributed by atoms with Gasteiger partial charge < -0.3 is 5.73 Å². The van der Waals surface area contributed by atoms with Gasteiger partial charge in [0.25, 0.3) is 0 Å². The van der Waals surface area contributed by atoms with Crippen LogP contribution < -0.4 is 5.73 Å². The van der Waals surface area contributed by atoms with E-state index in [1.807, 2.05) is 23.5 Å². The molecule has 15 heavy (non-hydrogen) atoms. The van der Waals surface area contributed by atoms with Crippen LogP contribution >= 0.6 is 23.5 Å². The Morgan fingerprint density at radius 2 is 1.80 bits per heavy atom. The van der Waals surface area contributed by atoms with Gasteiger partial charge in [0.15, 0.2) is 0 Å². The summed E-state index contributed by atoms with van der Waals surface area (Å²) in [6.07, 6.45) is 6.44. The van der Waals surface area contributed by atoms with E-state index in [0.29, 0.717) is 0 Å². The molecule has 0 saturated carbocycles. The monoisotopic (exact) mass is 241 g/mol. The normalized spacial score (nSPS) is 10.7. The fraction of sp³-hybridized carbons (Fsp3) is 0.500. The van der Waals surface area contributed by atoms with Crippen LogP contribution in [0.2, 0.25) is 0 Å². The van der Waals surface area contributed by atoms with E-state index >= 15 is 0 Å². The molecule has 2 N–H and O–H groups in total. The molecule has 1 aromatic rings. The van der Waals surface area contributed by atoms with Crippen molar-refractivity contribution in [3.63, 3.8) is 0 Å². The average Bonchev–Trinajstić information content (AvgIpc) is 2.26. The van der Waals surface area contributed by atoms with Gasteiger partial charge in [-0.15, -0.1) is 23.5 Å². The Kier molecular flexibility index (Phi) is 5.58. The first-order valence-electron chi connectivity index (χ1n) is 5.14. The third-order valence-corrected chi connectivity index (χ3v) is 4.15. The first-order chi connectivity index (χ1) is 7.22. The van der Waals surface area contributed by atoms with E-state index in [-0.39, 0.29) is 0 Å². The van der Waals surface area contributed by atoms with Crippen LogP contribution in [0.3, 0.4) is 0 Å². The fourth-order valence-electron chi connectivity index (χ4n) is 1.60. The highest BCUT2D eigenvalue weighted by atomic mass is 32.2. The fourth-order valence-corrected chi connectivity index (χ4v) is 2.96. The Hall–Kier alpha value is -0.120. The number of hydrogen-bond acceptors (Lipinski definition) is 3. The molecule has 0 atom stereocenters. The SMILES string of the molecule is CSc1cc(CCCN)c(SC)cc1C. The van der Waals surface area contributed by atoms with Gasteiger partial charge in [0.05, 0.1) is 0 Å². The highest BCUT2D eigenvalue weighted by Gasteiger charge is 2.05. The van der Waals surface area contributed by atoms with E-state index in [0.717, 1.165) is 19.4 Å². The van der Waals surface area contributed by atoms with E-state index < -0.39 is 0 Å². The minimum atomic E-state index is 0.774. The molecule has 0 heterocycles. The molecule has 84 valence electrons. The van der Waals surface area contributed by atoms with Crippen LogP contribution in [0.4, 0.5) is 0 Å². The molecule has 0 unspecified atom stereocenters. The summed E-state index contributed by atoms with van der Waals surface area (Å²) in [5.74, 6) is 0. The summed E-state index contributed by atoms with van der Waals surface area (Å²) in [4.78, 5) is 2.79. The van der Waals surface area contributed by atoms with Crippen molar-refractivity contribution >= 4 is 23.5 Å². The van der Waals surface area contributed by atoms with Crippen molar-refractivity contribution in [1.29, 1.82) is 0 Å². The standard InChI is InChI=1S/C12H19NS2/c1-9-7-12(15-3)10(5-4-6-13)8-11(9)14-2/h7-8H,4-6,13H2,1-3H3. The van der Waals surface area contributed by atoms with Crippen LogP contribution in [0.1, 0.15) is 17.5 Å². The van der Waals surface area contributed by atoms with Crippen LogP contribution in [-0.4, -0.2) is 19.1 Å². The van der Waals surface area contributed by atoms with Crippen LogP contribution in [0, 0.1) is 6.92 Å². The van der Waals surface area contributed by atoms with Crippen LogP contribution in [-0.2, 0) is 6.42 Å². The minimum Gasteiger partial charge on any atom is -0.330 e.